The Labute approximate surface area is 88.7 Å². The number of rotatable bonds is 2. The first-order valence-corrected chi connectivity index (χ1v) is 5.24. The predicted molar refractivity (Wildman–Crippen MR) is 56.2 cm³/mol. The van der Waals surface area contributed by atoms with Crippen molar-refractivity contribution in [2.75, 3.05) is 6.61 Å². The summed E-state index contributed by atoms with van der Waals surface area (Å²) in [5, 5.41) is 0. The van der Waals surface area contributed by atoms with Crippen LogP contribution < -0.4 is 5.56 Å². The molecule has 0 aliphatic carbocycles. The van der Waals surface area contributed by atoms with Crippen LogP contribution in [0, 0.1) is 0 Å². The van der Waals surface area contributed by atoms with E-state index in [0.717, 1.165) is 0 Å². The van der Waals surface area contributed by atoms with E-state index in [0.29, 0.717) is 10.2 Å². The molecule has 0 saturated heterocycles. The summed E-state index contributed by atoms with van der Waals surface area (Å²) in [6, 6.07) is 1.58. The number of ether oxygens (including phenoxy) is 1. The standard InChI is InChI=1S/C9H8N2O3S/c1-2-14-9(13)5-3-6-7(8(12)11-5)10-4-15-6/h3-4H,2H2,1H3,(H,11,12). The van der Waals surface area contributed by atoms with Crippen molar-refractivity contribution in [1.82, 2.24) is 9.97 Å². The van der Waals surface area contributed by atoms with Gasteiger partial charge in [0, 0.05) is 0 Å². The number of hydrogen-bond acceptors (Lipinski definition) is 5. The molecular weight excluding hydrogens is 216 g/mol. The van der Waals surface area contributed by atoms with Crippen LogP contribution in [0.5, 0.6) is 0 Å². The van der Waals surface area contributed by atoms with Crippen LogP contribution in [0.2, 0.25) is 0 Å². The van der Waals surface area contributed by atoms with E-state index in [9.17, 15) is 9.59 Å². The number of aromatic amines is 1. The molecule has 0 amide bonds. The summed E-state index contributed by atoms with van der Waals surface area (Å²) >= 11 is 1.31. The second-order valence-corrected chi connectivity index (χ2v) is 3.68. The molecule has 0 bridgehead atoms. The van der Waals surface area contributed by atoms with Crippen molar-refractivity contribution in [1.29, 1.82) is 0 Å². The number of thiazole rings is 1. The molecule has 5 nitrogen and oxygen atoms in total. The zero-order valence-electron chi connectivity index (χ0n) is 7.94. The Morgan fingerprint density at radius 3 is 3.20 bits per heavy atom. The lowest BCUT2D eigenvalue weighted by molar-refractivity contribution is 0.0519. The highest BCUT2D eigenvalue weighted by atomic mass is 32.1. The lowest BCUT2D eigenvalue weighted by atomic mass is 10.3. The van der Waals surface area contributed by atoms with Gasteiger partial charge in [-0.05, 0) is 13.0 Å². The van der Waals surface area contributed by atoms with E-state index < -0.39 is 5.97 Å². The highest BCUT2D eigenvalue weighted by Gasteiger charge is 2.11. The third kappa shape index (κ3) is 1.75. The Hall–Kier alpha value is -1.69. The number of H-pyrrole nitrogens is 1. The van der Waals surface area contributed by atoms with Gasteiger partial charge in [-0.25, -0.2) is 9.78 Å². The van der Waals surface area contributed by atoms with Crippen molar-refractivity contribution in [3.63, 3.8) is 0 Å². The molecular formula is C9H8N2O3S. The number of hydrogen-bond donors (Lipinski definition) is 1. The first-order valence-electron chi connectivity index (χ1n) is 4.36. The van der Waals surface area contributed by atoms with Crippen LogP contribution >= 0.6 is 11.3 Å². The highest BCUT2D eigenvalue weighted by Crippen LogP contribution is 2.14. The molecule has 0 unspecified atom stereocenters. The van der Waals surface area contributed by atoms with Gasteiger partial charge >= 0.3 is 5.97 Å². The lowest BCUT2D eigenvalue weighted by Gasteiger charge is -2.00. The van der Waals surface area contributed by atoms with Crippen molar-refractivity contribution < 1.29 is 9.53 Å². The Bertz CT molecular complexity index is 558. The topological polar surface area (TPSA) is 72.0 Å². The first-order chi connectivity index (χ1) is 7.22. The van der Waals surface area contributed by atoms with Crippen molar-refractivity contribution in [2.24, 2.45) is 0 Å². The molecule has 15 heavy (non-hydrogen) atoms. The molecule has 0 spiro atoms. The molecule has 0 aliphatic heterocycles. The number of nitrogens with zero attached hydrogens (tertiary/aromatic N) is 1. The average Bonchev–Trinajstić information content (AvgIpc) is 2.66. The summed E-state index contributed by atoms with van der Waals surface area (Å²) < 4.78 is 5.47. The van der Waals surface area contributed by atoms with Gasteiger partial charge in [0.2, 0.25) is 0 Å². The Balaban J connectivity index is 2.54. The Morgan fingerprint density at radius 2 is 2.47 bits per heavy atom. The van der Waals surface area contributed by atoms with Crippen molar-refractivity contribution in [3.05, 3.63) is 27.6 Å². The van der Waals surface area contributed by atoms with Crippen molar-refractivity contribution in [3.8, 4) is 0 Å². The Morgan fingerprint density at radius 1 is 1.67 bits per heavy atom. The maximum atomic E-state index is 11.5. The molecule has 0 radical (unpaired) electrons. The van der Waals surface area contributed by atoms with Gasteiger partial charge in [0.15, 0.2) is 0 Å². The second kappa shape index (κ2) is 3.82. The van der Waals surface area contributed by atoms with Crippen LogP contribution in [0.15, 0.2) is 16.4 Å². The van der Waals surface area contributed by atoms with E-state index in [1.54, 1.807) is 18.5 Å². The Kier molecular flexibility index (Phi) is 2.51. The van der Waals surface area contributed by atoms with Gasteiger partial charge in [-0.1, -0.05) is 0 Å². The fourth-order valence-electron chi connectivity index (χ4n) is 1.20. The molecule has 0 aliphatic rings. The van der Waals surface area contributed by atoms with Crippen LogP contribution in [-0.2, 0) is 4.74 Å². The van der Waals surface area contributed by atoms with E-state index in [2.05, 4.69) is 9.97 Å². The smallest absolute Gasteiger partial charge is 0.354 e. The fourth-order valence-corrected chi connectivity index (χ4v) is 1.91. The average molecular weight is 224 g/mol. The summed E-state index contributed by atoms with van der Waals surface area (Å²) in [7, 11) is 0. The molecule has 78 valence electrons. The lowest BCUT2D eigenvalue weighted by Crippen LogP contribution is -2.14. The maximum absolute atomic E-state index is 11.5. The fraction of sp³-hybridized carbons (Fsp3) is 0.222. The molecule has 2 rings (SSSR count). The minimum atomic E-state index is -0.523. The first kappa shape index (κ1) is 9.85. The second-order valence-electron chi connectivity index (χ2n) is 2.80. The van der Waals surface area contributed by atoms with E-state index in [4.69, 9.17) is 4.74 Å². The summed E-state index contributed by atoms with van der Waals surface area (Å²) in [4.78, 5) is 29.1. The van der Waals surface area contributed by atoms with Crippen LogP contribution in [0.25, 0.3) is 10.2 Å². The number of fused-ring (bicyclic) bond motifs is 1. The van der Waals surface area contributed by atoms with Crippen LogP contribution in [0.4, 0.5) is 0 Å². The summed E-state index contributed by atoms with van der Waals surface area (Å²) in [6.07, 6.45) is 0. The molecule has 0 saturated carbocycles. The van der Waals surface area contributed by atoms with Crippen molar-refractivity contribution >= 4 is 27.5 Å². The van der Waals surface area contributed by atoms with Gasteiger partial charge in [0.1, 0.15) is 11.2 Å². The molecule has 1 N–H and O–H groups in total. The third-order valence-electron chi connectivity index (χ3n) is 1.83. The highest BCUT2D eigenvalue weighted by molar-refractivity contribution is 7.16. The van der Waals surface area contributed by atoms with Crippen LogP contribution in [0.3, 0.4) is 0 Å². The monoisotopic (exact) mass is 224 g/mol. The quantitative estimate of drug-likeness (QED) is 0.777. The van der Waals surface area contributed by atoms with E-state index in [1.807, 2.05) is 0 Å². The maximum Gasteiger partial charge on any atom is 0.354 e. The van der Waals surface area contributed by atoms with Gasteiger partial charge in [-0.2, -0.15) is 0 Å². The minimum Gasteiger partial charge on any atom is -0.461 e. The zero-order valence-corrected chi connectivity index (χ0v) is 8.76. The normalized spacial score (nSPS) is 10.5. The minimum absolute atomic E-state index is 0.165. The largest absolute Gasteiger partial charge is 0.461 e. The number of carbonyl (C=O) groups excluding carboxylic acids is 1. The van der Waals surface area contributed by atoms with E-state index in [1.165, 1.54) is 11.3 Å². The van der Waals surface area contributed by atoms with Gasteiger partial charge < -0.3 is 9.72 Å². The number of nitrogens with one attached hydrogen (secondary N) is 1. The van der Waals surface area contributed by atoms with Crippen LogP contribution in [0.1, 0.15) is 17.4 Å². The summed E-state index contributed by atoms with van der Waals surface area (Å²) in [6.45, 7) is 1.99. The number of aromatic nitrogens is 2. The van der Waals surface area contributed by atoms with Gasteiger partial charge in [-0.15, -0.1) is 11.3 Å². The molecule has 6 heteroatoms. The number of carbonyl (C=O) groups is 1. The van der Waals surface area contributed by atoms with Gasteiger partial charge in [0.05, 0.1) is 16.8 Å². The van der Waals surface area contributed by atoms with Crippen LogP contribution in [-0.4, -0.2) is 22.5 Å². The molecule has 0 atom stereocenters. The van der Waals surface area contributed by atoms with Gasteiger partial charge in [-0.3, -0.25) is 4.79 Å². The van der Waals surface area contributed by atoms with Gasteiger partial charge in [0.25, 0.3) is 5.56 Å². The zero-order chi connectivity index (χ0) is 10.8. The molecule has 0 aromatic carbocycles. The van der Waals surface area contributed by atoms with E-state index >= 15 is 0 Å². The van der Waals surface area contributed by atoms with E-state index in [-0.39, 0.29) is 17.9 Å². The molecule has 2 heterocycles. The summed E-state index contributed by atoms with van der Waals surface area (Å²) in [5.41, 5.74) is 1.72. The molecule has 2 aromatic rings. The predicted octanol–water partition coefficient (Wildman–Crippen LogP) is 1.16. The third-order valence-corrected chi connectivity index (χ3v) is 2.60. The molecule has 0 fully saturated rings. The number of esters is 1. The van der Waals surface area contributed by atoms with Crippen molar-refractivity contribution in [2.45, 2.75) is 6.92 Å². The SMILES string of the molecule is CCOC(=O)c1cc2scnc2c(=O)[nH]1. The summed E-state index contributed by atoms with van der Waals surface area (Å²) in [5.74, 6) is -0.523. The molecule has 2 aromatic heterocycles. The number of pyridine rings is 1.